The average molecular weight is 282 g/mol. The van der Waals surface area contributed by atoms with Gasteiger partial charge in [-0.3, -0.25) is 4.79 Å². The molecule has 0 radical (unpaired) electrons. The van der Waals surface area contributed by atoms with Gasteiger partial charge < -0.3 is 10.2 Å². The van der Waals surface area contributed by atoms with E-state index in [4.69, 9.17) is 0 Å². The molecule has 19 heavy (non-hydrogen) atoms. The van der Waals surface area contributed by atoms with Gasteiger partial charge in [-0.1, -0.05) is 18.3 Å². The summed E-state index contributed by atoms with van der Waals surface area (Å²) < 4.78 is 3.85. The number of carbonyl (C=O) groups is 1. The first kappa shape index (κ1) is 14.4. The Hall–Kier alpha value is -1.01. The number of rotatable bonds is 4. The normalized spacial score (nSPS) is 20.0. The number of likely N-dealkylation sites (tertiary alicyclic amines) is 1. The lowest BCUT2D eigenvalue weighted by atomic mass is 9.97. The fourth-order valence-corrected chi connectivity index (χ4v) is 3.01. The number of carbonyl (C=O) groups excluding carboxylic acids is 1. The number of aromatic nitrogens is 2. The predicted octanol–water partition coefficient (Wildman–Crippen LogP) is 1.70. The van der Waals surface area contributed by atoms with Crippen LogP contribution in [0.15, 0.2) is 0 Å². The topological polar surface area (TPSA) is 58.1 Å². The molecule has 1 N–H and O–H groups in total. The Bertz CT molecular complexity index is 432. The van der Waals surface area contributed by atoms with Gasteiger partial charge in [0.2, 0.25) is 0 Å². The van der Waals surface area contributed by atoms with Crippen LogP contribution >= 0.6 is 11.5 Å². The summed E-state index contributed by atoms with van der Waals surface area (Å²) in [5.41, 5.74) is 0.748. The van der Waals surface area contributed by atoms with Crippen molar-refractivity contribution in [2.45, 2.75) is 39.7 Å². The molecule has 5 nitrogen and oxygen atoms in total. The highest BCUT2D eigenvalue weighted by atomic mass is 32.1. The van der Waals surface area contributed by atoms with E-state index < -0.39 is 0 Å². The van der Waals surface area contributed by atoms with Gasteiger partial charge in [-0.2, -0.15) is 0 Å². The van der Waals surface area contributed by atoms with E-state index in [0.29, 0.717) is 16.8 Å². The first-order valence-corrected chi connectivity index (χ1v) is 7.67. The van der Waals surface area contributed by atoms with Crippen LogP contribution in [0.3, 0.4) is 0 Å². The van der Waals surface area contributed by atoms with E-state index in [1.807, 2.05) is 11.8 Å². The first-order chi connectivity index (χ1) is 9.08. The smallest absolute Gasteiger partial charge is 0.267 e. The lowest BCUT2D eigenvalue weighted by Gasteiger charge is -2.33. The summed E-state index contributed by atoms with van der Waals surface area (Å²) in [5.74, 6) is 0.656. The first-order valence-electron chi connectivity index (χ1n) is 6.89. The highest BCUT2D eigenvalue weighted by molar-refractivity contribution is 7.07. The van der Waals surface area contributed by atoms with Crippen LogP contribution in [0.2, 0.25) is 0 Å². The van der Waals surface area contributed by atoms with Crippen LogP contribution in [-0.2, 0) is 0 Å². The van der Waals surface area contributed by atoms with Gasteiger partial charge in [0.15, 0.2) is 0 Å². The summed E-state index contributed by atoms with van der Waals surface area (Å²) in [7, 11) is 0. The largest absolute Gasteiger partial charge is 0.338 e. The van der Waals surface area contributed by atoms with Crippen LogP contribution < -0.4 is 5.32 Å². The van der Waals surface area contributed by atoms with Crippen LogP contribution in [0.5, 0.6) is 0 Å². The molecule has 1 aliphatic heterocycles. The Balaban J connectivity index is 1.94. The second-order valence-electron chi connectivity index (χ2n) is 5.51. The molecule has 2 heterocycles. The number of nitrogens with zero attached hydrogens (tertiary/aromatic N) is 3. The van der Waals surface area contributed by atoms with Gasteiger partial charge in [-0.15, -0.1) is 5.10 Å². The van der Waals surface area contributed by atoms with Gasteiger partial charge in [-0.25, -0.2) is 0 Å². The Morgan fingerprint density at radius 1 is 1.58 bits per heavy atom. The zero-order valence-corrected chi connectivity index (χ0v) is 12.7. The van der Waals surface area contributed by atoms with E-state index in [-0.39, 0.29) is 5.91 Å². The molecule has 1 saturated heterocycles. The summed E-state index contributed by atoms with van der Waals surface area (Å²) in [6.45, 7) is 8.83. The average Bonchev–Trinajstić information content (AvgIpc) is 2.82. The molecule has 0 saturated carbocycles. The molecule has 1 aromatic heterocycles. The molecule has 1 fully saturated rings. The maximum Gasteiger partial charge on any atom is 0.267 e. The van der Waals surface area contributed by atoms with Crippen molar-refractivity contribution in [1.29, 1.82) is 0 Å². The standard InChI is InChI=1S/C13H22N4OS/c1-9(2)14-7-11-5-4-6-17(8-11)13(18)12-10(3)15-16-19-12/h9,11,14H,4-8H2,1-3H3. The number of piperidine rings is 1. The third kappa shape index (κ3) is 3.73. The Morgan fingerprint density at radius 3 is 3.00 bits per heavy atom. The zero-order chi connectivity index (χ0) is 13.8. The van der Waals surface area contributed by atoms with Crippen molar-refractivity contribution in [1.82, 2.24) is 19.8 Å². The molecule has 1 unspecified atom stereocenters. The number of aryl methyl sites for hydroxylation is 1. The maximum atomic E-state index is 12.4. The Labute approximate surface area is 118 Å². The third-order valence-electron chi connectivity index (χ3n) is 3.47. The molecule has 0 spiro atoms. The van der Waals surface area contributed by atoms with Crippen LogP contribution in [0, 0.1) is 12.8 Å². The van der Waals surface area contributed by atoms with E-state index >= 15 is 0 Å². The number of amides is 1. The highest BCUT2D eigenvalue weighted by Crippen LogP contribution is 2.20. The molecular formula is C13H22N4OS. The van der Waals surface area contributed by atoms with Gasteiger partial charge >= 0.3 is 0 Å². The van der Waals surface area contributed by atoms with E-state index in [1.54, 1.807) is 0 Å². The van der Waals surface area contributed by atoms with Crippen molar-refractivity contribution in [3.05, 3.63) is 10.6 Å². The second kappa shape index (κ2) is 6.43. The second-order valence-corrected chi connectivity index (χ2v) is 6.26. The van der Waals surface area contributed by atoms with E-state index in [1.165, 1.54) is 18.0 Å². The van der Waals surface area contributed by atoms with Crippen LogP contribution in [-0.4, -0.2) is 46.1 Å². The molecule has 106 valence electrons. The van der Waals surface area contributed by atoms with Crippen molar-refractivity contribution < 1.29 is 4.79 Å². The lowest BCUT2D eigenvalue weighted by Crippen LogP contribution is -2.43. The molecule has 0 aliphatic carbocycles. The molecule has 1 amide bonds. The summed E-state index contributed by atoms with van der Waals surface area (Å²) in [5, 5.41) is 7.38. The van der Waals surface area contributed by atoms with E-state index in [2.05, 4.69) is 28.8 Å². The molecule has 0 bridgehead atoms. The van der Waals surface area contributed by atoms with Gasteiger partial charge in [0.25, 0.3) is 5.91 Å². The van der Waals surface area contributed by atoms with Crippen LogP contribution in [0.4, 0.5) is 0 Å². The molecule has 1 aromatic rings. The number of hydrogen-bond acceptors (Lipinski definition) is 5. The molecular weight excluding hydrogens is 260 g/mol. The molecule has 1 aliphatic rings. The Morgan fingerprint density at radius 2 is 2.37 bits per heavy atom. The summed E-state index contributed by atoms with van der Waals surface area (Å²) in [6, 6.07) is 0.499. The zero-order valence-electron chi connectivity index (χ0n) is 11.8. The quantitative estimate of drug-likeness (QED) is 0.913. The van der Waals surface area contributed by atoms with Crippen molar-refractivity contribution in [2.24, 2.45) is 5.92 Å². The van der Waals surface area contributed by atoms with Gasteiger partial charge in [0.1, 0.15) is 4.88 Å². The lowest BCUT2D eigenvalue weighted by molar-refractivity contribution is 0.0676. The molecule has 0 aromatic carbocycles. The fraction of sp³-hybridized carbons (Fsp3) is 0.769. The van der Waals surface area contributed by atoms with E-state index in [9.17, 15) is 4.79 Å². The van der Waals surface area contributed by atoms with E-state index in [0.717, 1.165) is 31.7 Å². The predicted molar refractivity (Wildman–Crippen MR) is 76.4 cm³/mol. The fourth-order valence-electron chi connectivity index (χ4n) is 2.39. The third-order valence-corrected chi connectivity index (χ3v) is 4.28. The maximum absolute atomic E-state index is 12.4. The minimum atomic E-state index is 0.0988. The Kier molecular flexibility index (Phi) is 4.87. The van der Waals surface area contributed by atoms with Gasteiger partial charge in [-0.05, 0) is 43.8 Å². The van der Waals surface area contributed by atoms with Crippen molar-refractivity contribution in [2.75, 3.05) is 19.6 Å². The van der Waals surface area contributed by atoms with Crippen molar-refractivity contribution >= 4 is 17.4 Å². The highest BCUT2D eigenvalue weighted by Gasteiger charge is 2.26. The molecule has 1 atom stereocenters. The SMILES string of the molecule is Cc1nnsc1C(=O)N1CCCC(CNC(C)C)C1. The van der Waals surface area contributed by atoms with Crippen LogP contribution in [0.25, 0.3) is 0 Å². The minimum absolute atomic E-state index is 0.0988. The van der Waals surface area contributed by atoms with Gasteiger partial charge in [0, 0.05) is 19.1 Å². The number of hydrogen-bond donors (Lipinski definition) is 1. The van der Waals surface area contributed by atoms with Gasteiger partial charge in [0.05, 0.1) is 5.69 Å². The summed E-state index contributed by atoms with van der Waals surface area (Å²) >= 11 is 1.20. The van der Waals surface area contributed by atoms with Crippen LogP contribution in [0.1, 0.15) is 42.1 Å². The number of nitrogens with one attached hydrogen (secondary N) is 1. The summed E-state index contributed by atoms with van der Waals surface area (Å²) in [4.78, 5) is 15.1. The molecule has 6 heteroatoms. The summed E-state index contributed by atoms with van der Waals surface area (Å²) in [6.07, 6.45) is 2.28. The molecule has 2 rings (SSSR count). The monoisotopic (exact) mass is 282 g/mol. The van der Waals surface area contributed by atoms with Crippen molar-refractivity contribution in [3.8, 4) is 0 Å². The minimum Gasteiger partial charge on any atom is -0.338 e. The van der Waals surface area contributed by atoms with Crippen molar-refractivity contribution in [3.63, 3.8) is 0 Å².